The van der Waals surface area contributed by atoms with Gasteiger partial charge in [0.2, 0.25) is 0 Å². The van der Waals surface area contributed by atoms with Gasteiger partial charge in [-0.25, -0.2) is 0 Å². The number of rotatable bonds is 5. The standard InChI is InChI=1S/C16H21F3N2O3/c1-12(22)15(23)21-8-6-20(7-9-21)10-13-4-2-3-5-14(13)24-11-16(17,18)19/h2-5,12,22H,6-11H2,1H3. The van der Waals surface area contributed by atoms with Crippen LogP contribution >= 0.6 is 0 Å². The highest BCUT2D eigenvalue weighted by Crippen LogP contribution is 2.23. The second-order valence-electron chi connectivity index (χ2n) is 5.79. The van der Waals surface area contributed by atoms with Gasteiger partial charge in [0, 0.05) is 38.3 Å². The number of aliphatic hydroxyl groups is 1. The van der Waals surface area contributed by atoms with Gasteiger partial charge in [0.1, 0.15) is 11.9 Å². The number of amides is 1. The van der Waals surface area contributed by atoms with Crippen LogP contribution in [0.5, 0.6) is 5.75 Å². The monoisotopic (exact) mass is 346 g/mol. The third kappa shape index (κ3) is 5.38. The first kappa shape index (κ1) is 18.5. The molecule has 1 aliphatic heterocycles. The summed E-state index contributed by atoms with van der Waals surface area (Å²) >= 11 is 0. The van der Waals surface area contributed by atoms with Crippen molar-refractivity contribution in [3.05, 3.63) is 29.8 Å². The van der Waals surface area contributed by atoms with E-state index in [-0.39, 0.29) is 11.7 Å². The number of ether oxygens (including phenoxy) is 1. The first-order chi connectivity index (χ1) is 11.3. The molecule has 1 atom stereocenters. The summed E-state index contributed by atoms with van der Waals surface area (Å²) in [4.78, 5) is 15.4. The number of hydrogen-bond acceptors (Lipinski definition) is 4. The van der Waals surface area contributed by atoms with E-state index in [2.05, 4.69) is 0 Å². The highest BCUT2D eigenvalue weighted by atomic mass is 19.4. The Hall–Kier alpha value is -1.80. The molecule has 1 fully saturated rings. The van der Waals surface area contributed by atoms with Crippen molar-refractivity contribution in [1.29, 1.82) is 0 Å². The molecule has 1 aromatic carbocycles. The fourth-order valence-electron chi connectivity index (χ4n) is 2.57. The molecular formula is C16H21F3N2O3. The maximum Gasteiger partial charge on any atom is 0.422 e. The summed E-state index contributed by atoms with van der Waals surface area (Å²) in [5, 5.41) is 9.32. The second-order valence-corrected chi connectivity index (χ2v) is 5.79. The minimum absolute atomic E-state index is 0.220. The van der Waals surface area contributed by atoms with Gasteiger partial charge in [0.05, 0.1) is 0 Å². The van der Waals surface area contributed by atoms with E-state index in [1.165, 1.54) is 13.0 Å². The van der Waals surface area contributed by atoms with Crippen molar-refractivity contribution < 1.29 is 27.8 Å². The highest BCUT2D eigenvalue weighted by Gasteiger charge is 2.29. The molecule has 1 saturated heterocycles. The maximum absolute atomic E-state index is 12.3. The Morgan fingerprint density at radius 3 is 2.46 bits per heavy atom. The van der Waals surface area contributed by atoms with Crippen LogP contribution in [0.1, 0.15) is 12.5 Å². The number of piperazine rings is 1. The third-order valence-corrected chi connectivity index (χ3v) is 3.80. The molecule has 0 bridgehead atoms. The van der Waals surface area contributed by atoms with E-state index in [4.69, 9.17) is 4.74 Å². The molecule has 1 N–H and O–H groups in total. The molecule has 5 nitrogen and oxygen atoms in total. The Bertz CT molecular complexity index is 556. The van der Waals surface area contributed by atoms with Crippen molar-refractivity contribution in [2.24, 2.45) is 0 Å². The Kier molecular flexibility index (Phi) is 6.06. The summed E-state index contributed by atoms with van der Waals surface area (Å²) in [6.07, 6.45) is -5.40. The Labute approximate surface area is 138 Å². The van der Waals surface area contributed by atoms with Crippen LogP contribution in [0.25, 0.3) is 0 Å². The van der Waals surface area contributed by atoms with Crippen LogP contribution in [-0.2, 0) is 11.3 Å². The van der Waals surface area contributed by atoms with Gasteiger partial charge < -0.3 is 14.7 Å². The molecule has 8 heteroatoms. The zero-order chi connectivity index (χ0) is 17.7. The molecule has 1 heterocycles. The second kappa shape index (κ2) is 7.85. The van der Waals surface area contributed by atoms with Gasteiger partial charge in [-0.3, -0.25) is 9.69 Å². The smallest absolute Gasteiger partial charge is 0.422 e. The van der Waals surface area contributed by atoms with Crippen molar-refractivity contribution in [1.82, 2.24) is 9.80 Å². The molecule has 0 aromatic heterocycles. The molecule has 1 amide bonds. The molecule has 0 spiro atoms. The zero-order valence-corrected chi connectivity index (χ0v) is 13.4. The maximum atomic E-state index is 12.3. The largest absolute Gasteiger partial charge is 0.484 e. The van der Waals surface area contributed by atoms with Crippen LogP contribution < -0.4 is 4.74 Å². The fourth-order valence-corrected chi connectivity index (χ4v) is 2.57. The van der Waals surface area contributed by atoms with Crippen LogP contribution in [-0.4, -0.2) is 65.9 Å². The van der Waals surface area contributed by atoms with Crippen molar-refractivity contribution in [3.63, 3.8) is 0 Å². The van der Waals surface area contributed by atoms with Gasteiger partial charge in [0.15, 0.2) is 6.61 Å². The third-order valence-electron chi connectivity index (χ3n) is 3.80. The summed E-state index contributed by atoms with van der Waals surface area (Å²) < 4.78 is 41.9. The molecule has 0 saturated carbocycles. The van der Waals surface area contributed by atoms with Crippen LogP contribution in [0, 0.1) is 0 Å². The zero-order valence-electron chi connectivity index (χ0n) is 13.4. The van der Waals surface area contributed by atoms with Crippen LogP contribution in [0.2, 0.25) is 0 Å². The summed E-state index contributed by atoms with van der Waals surface area (Å²) in [6.45, 7) is 2.71. The molecular weight excluding hydrogens is 325 g/mol. The predicted molar refractivity (Wildman–Crippen MR) is 81.5 cm³/mol. The van der Waals surface area contributed by atoms with Crippen molar-refractivity contribution in [2.45, 2.75) is 25.7 Å². The molecule has 1 unspecified atom stereocenters. The SMILES string of the molecule is CC(O)C(=O)N1CCN(Cc2ccccc2OCC(F)(F)F)CC1. The van der Waals surface area contributed by atoms with Gasteiger partial charge in [-0.2, -0.15) is 13.2 Å². The molecule has 134 valence electrons. The van der Waals surface area contributed by atoms with Gasteiger partial charge in [-0.1, -0.05) is 18.2 Å². The number of halogens is 3. The van der Waals surface area contributed by atoms with E-state index >= 15 is 0 Å². The Balaban J connectivity index is 1.92. The highest BCUT2D eigenvalue weighted by molar-refractivity contribution is 5.80. The average molecular weight is 346 g/mol. The summed E-state index contributed by atoms with van der Waals surface area (Å²) in [7, 11) is 0. The van der Waals surface area contributed by atoms with Gasteiger partial charge in [-0.05, 0) is 13.0 Å². The van der Waals surface area contributed by atoms with Crippen molar-refractivity contribution >= 4 is 5.91 Å². The topological polar surface area (TPSA) is 53.0 Å². The van der Waals surface area contributed by atoms with E-state index < -0.39 is 18.9 Å². The van der Waals surface area contributed by atoms with E-state index in [1.54, 1.807) is 23.1 Å². The van der Waals surface area contributed by atoms with Gasteiger partial charge in [0.25, 0.3) is 5.91 Å². The molecule has 2 rings (SSSR count). The van der Waals surface area contributed by atoms with E-state index in [9.17, 15) is 23.1 Å². The summed E-state index contributed by atoms with van der Waals surface area (Å²) in [5.41, 5.74) is 0.678. The first-order valence-electron chi connectivity index (χ1n) is 7.73. The minimum atomic E-state index is -4.37. The van der Waals surface area contributed by atoms with Gasteiger partial charge >= 0.3 is 6.18 Å². The Morgan fingerprint density at radius 1 is 1.25 bits per heavy atom. The number of carbonyl (C=O) groups is 1. The van der Waals surface area contributed by atoms with Crippen LogP contribution in [0.4, 0.5) is 13.2 Å². The normalized spacial score (nSPS) is 17.6. The van der Waals surface area contributed by atoms with Crippen molar-refractivity contribution in [2.75, 3.05) is 32.8 Å². The van der Waals surface area contributed by atoms with E-state index in [0.717, 1.165) is 0 Å². The predicted octanol–water partition coefficient (Wildman–Crippen LogP) is 1.65. The number of nitrogens with zero attached hydrogens (tertiary/aromatic N) is 2. The van der Waals surface area contributed by atoms with Crippen LogP contribution in [0.3, 0.4) is 0 Å². The number of alkyl halides is 3. The van der Waals surface area contributed by atoms with E-state index in [0.29, 0.717) is 38.3 Å². The number of aliphatic hydroxyl groups excluding tert-OH is 1. The molecule has 24 heavy (non-hydrogen) atoms. The lowest BCUT2D eigenvalue weighted by Gasteiger charge is -2.35. The molecule has 0 radical (unpaired) electrons. The summed E-state index contributed by atoms with van der Waals surface area (Å²) in [6, 6.07) is 6.64. The lowest BCUT2D eigenvalue weighted by Crippen LogP contribution is -2.50. The molecule has 0 aliphatic carbocycles. The molecule has 1 aliphatic rings. The van der Waals surface area contributed by atoms with Crippen molar-refractivity contribution in [3.8, 4) is 5.75 Å². The van der Waals surface area contributed by atoms with Gasteiger partial charge in [-0.15, -0.1) is 0 Å². The Morgan fingerprint density at radius 2 is 1.88 bits per heavy atom. The minimum Gasteiger partial charge on any atom is -0.484 e. The lowest BCUT2D eigenvalue weighted by atomic mass is 10.1. The number of para-hydroxylation sites is 1. The first-order valence-corrected chi connectivity index (χ1v) is 7.73. The lowest BCUT2D eigenvalue weighted by molar-refractivity contribution is -0.153. The average Bonchev–Trinajstić information content (AvgIpc) is 2.53. The number of carbonyl (C=O) groups excluding carboxylic acids is 1. The number of hydrogen-bond donors (Lipinski definition) is 1. The molecule has 1 aromatic rings. The van der Waals surface area contributed by atoms with Crippen LogP contribution in [0.15, 0.2) is 24.3 Å². The van der Waals surface area contributed by atoms with E-state index in [1.807, 2.05) is 4.90 Å². The number of benzene rings is 1. The fraction of sp³-hybridized carbons (Fsp3) is 0.562. The quantitative estimate of drug-likeness (QED) is 0.881. The summed E-state index contributed by atoms with van der Waals surface area (Å²) in [5.74, 6) is -0.0825.